The van der Waals surface area contributed by atoms with Crippen LogP contribution in [0, 0.1) is 17.8 Å². The highest BCUT2D eigenvalue weighted by molar-refractivity contribution is 5.81. The van der Waals surface area contributed by atoms with Gasteiger partial charge in [-0.1, -0.05) is 48.0 Å². The Morgan fingerprint density at radius 1 is 0.615 bits per heavy atom. The molecule has 0 aliphatic heterocycles. The Bertz CT molecular complexity index is 648. The Kier molecular flexibility index (Phi) is 20.2. The first-order valence-electron chi connectivity index (χ1n) is 14.5. The zero-order chi connectivity index (χ0) is 29.8. The maximum absolute atomic E-state index is 12.9. The minimum atomic E-state index is -0.891. The number of Topliss-reactive ketones (excluding diaryl/α,β-unsaturated/α-hetero) is 3. The molecule has 0 bridgehead atoms. The first-order chi connectivity index (χ1) is 18.3. The lowest BCUT2D eigenvalue weighted by Gasteiger charge is -2.35. The van der Waals surface area contributed by atoms with E-state index in [0.717, 1.165) is 0 Å². The molecule has 0 saturated heterocycles. The molecule has 9 heteroatoms. The summed E-state index contributed by atoms with van der Waals surface area (Å²) < 4.78 is 22.8. The van der Waals surface area contributed by atoms with Crippen molar-refractivity contribution in [1.29, 1.82) is 0 Å². The third-order valence-electron chi connectivity index (χ3n) is 6.32. The first kappa shape index (κ1) is 37.3. The van der Waals surface area contributed by atoms with Gasteiger partial charge in [0.25, 0.3) is 0 Å². The fraction of sp³-hybridized carbons (Fsp3) is 0.867. The van der Waals surface area contributed by atoms with E-state index in [2.05, 4.69) is 5.32 Å². The van der Waals surface area contributed by atoms with Gasteiger partial charge in [0, 0.05) is 37.0 Å². The molecule has 0 heterocycles. The van der Waals surface area contributed by atoms with Crippen molar-refractivity contribution in [2.75, 3.05) is 46.2 Å². The molecule has 1 N–H and O–H groups in total. The van der Waals surface area contributed by atoms with Gasteiger partial charge in [-0.3, -0.25) is 19.2 Å². The number of rotatable bonds is 25. The predicted octanol–water partition coefficient (Wildman–Crippen LogP) is 4.33. The highest BCUT2D eigenvalue weighted by atomic mass is 16.5. The van der Waals surface area contributed by atoms with Crippen molar-refractivity contribution in [2.24, 2.45) is 17.8 Å². The number of carbonyl (C=O) groups excluding carboxylic acids is 4. The quantitative estimate of drug-likeness (QED) is 0.165. The largest absolute Gasteiger partial charge is 0.378 e. The number of ether oxygens (including phenoxy) is 4. The van der Waals surface area contributed by atoms with Gasteiger partial charge in [-0.05, 0) is 26.7 Å². The molecule has 0 aromatic rings. The molecule has 0 aromatic heterocycles. The van der Waals surface area contributed by atoms with Gasteiger partial charge in [-0.25, -0.2) is 0 Å². The number of hydrogen-bond acceptors (Lipinski definition) is 8. The molecule has 0 atom stereocenters. The molecular formula is C30H55NO8. The summed E-state index contributed by atoms with van der Waals surface area (Å²) in [6, 6.07) is 0. The van der Waals surface area contributed by atoms with E-state index < -0.39 is 5.54 Å². The number of unbranched alkanes of at least 4 members (excludes halogenated alkanes) is 1. The number of amides is 1. The summed E-state index contributed by atoms with van der Waals surface area (Å²) in [4.78, 5) is 49.1. The molecule has 228 valence electrons. The van der Waals surface area contributed by atoms with Crippen molar-refractivity contribution >= 4 is 23.3 Å². The van der Waals surface area contributed by atoms with Crippen molar-refractivity contribution in [3.8, 4) is 0 Å². The van der Waals surface area contributed by atoms with Crippen LogP contribution in [0.15, 0.2) is 0 Å². The molecule has 0 rings (SSSR count). The average Bonchev–Trinajstić information content (AvgIpc) is 2.85. The smallest absolute Gasteiger partial charge is 0.246 e. The van der Waals surface area contributed by atoms with Crippen LogP contribution in [0.25, 0.3) is 0 Å². The second-order valence-electron chi connectivity index (χ2n) is 11.5. The van der Waals surface area contributed by atoms with Crippen molar-refractivity contribution in [2.45, 2.75) is 106 Å². The summed E-state index contributed by atoms with van der Waals surface area (Å²) in [6.45, 7) is 16.3. The maximum atomic E-state index is 12.9. The van der Waals surface area contributed by atoms with E-state index in [1.54, 1.807) is 0 Å². The summed E-state index contributed by atoms with van der Waals surface area (Å²) in [7, 11) is 0. The predicted molar refractivity (Wildman–Crippen MR) is 152 cm³/mol. The van der Waals surface area contributed by atoms with Crippen LogP contribution in [0.1, 0.15) is 93.9 Å². The summed E-state index contributed by atoms with van der Waals surface area (Å²) in [5, 5.41) is 3.05. The van der Waals surface area contributed by atoms with Crippen LogP contribution in [0.4, 0.5) is 0 Å². The van der Waals surface area contributed by atoms with Crippen LogP contribution in [0.5, 0.6) is 0 Å². The molecule has 0 unspecified atom stereocenters. The lowest BCUT2D eigenvalue weighted by molar-refractivity contribution is -0.132. The molecule has 9 nitrogen and oxygen atoms in total. The van der Waals surface area contributed by atoms with Crippen LogP contribution in [0.3, 0.4) is 0 Å². The van der Waals surface area contributed by atoms with Crippen molar-refractivity contribution < 1.29 is 38.1 Å². The summed E-state index contributed by atoms with van der Waals surface area (Å²) in [6.07, 6.45) is 2.97. The van der Waals surface area contributed by atoms with E-state index in [9.17, 15) is 19.2 Å². The Labute approximate surface area is 236 Å². The number of hydrogen-bond donors (Lipinski definition) is 1. The second-order valence-corrected chi connectivity index (χ2v) is 11.5. The molecule has 0 fully saturated rings. The normalized spacial score (nSPS) is 12.1. The molecule has 39 heavy (non-hydrogen) atoms. The fourth-order valence-corrected chi connectivity index (χ4v) is 3.67. The third kappa shape index (κ3) is 19.1. The minimum absolute atomic E-state index is 0.0186. The van der Waals surface area contributed by atoms with Gasteiger partial charge >= 0.3 is 0 Å². The molecule has 0 aliphatic rings. The highest BCUT2D eigenvalue weighted by Gasteiger charge is 2.33. The van der Waals surface area contributed by atoms with Crippen LogP contribution in [-0.4, -0.2) is 81.1 Å². The van der Waals surface area contributed by atoms with E-state index in [4.69, 9.17) is 18.9 Å². The first-order valence-corrected chi connectivity index (χ1v) is 14.5. The molecular weight excluding hydrogens is 502 g/mol. The Hall–Kier alpha value is -1.68. The van der Waals surface area contributed by atoms with Gasteiger partial charge in [0.1, 0.15) is 24.0 Å². The Morgan fingerprint density at radius 2 is 1.10 bits per heavy atom. The van der Waals surface area contributed by atoms with Gasteiger partial charge in [-0.2, -0.15) is 0 Å². The van der Waals surface area contributed by atoms with Gasteiger partial charge in [0.05, 0.1) is 51.3 Å². The fourth-order valence-electron chi connectivity index (χ4n) is 3.67. The zero-order valence-electron chi connectivity index (χ0n) is 25.8. The van der Waals surface area contributed by atoms with Crippen molar-refractivity contribution in [3.63, 3.8) is 0 Å². The van der Waals surface area contributed by atoms with Gasteiger partial charge in [0.2, 0.25) is 5.91 Å². The van der Waals surface area contributed by atoms with Gasteiger partial charge in [-0.15, -0.1) is 0 Å². The third-order valence-corrected chi connectivity index (χ3v) is 6.32. The molecule has 1 amide bonds. The van der Waals surface area contributed by atoms with Crippen LogP contribution in [-0.2, 0) is 38.1 Å². The molecule has 0 aromatic carbocycles. The van der Waals surface area contributed by atoms with Crippen LogP contribution < -0.4 is 5.32 Å². The number of nitrogens with one attached hydrogen (secondary N) is 1. The lowest BCUT2D eigenvalue weighted by atomic mass is 9.92. The maximum Gasteiger partial charge on any atom is 0.246 e. The average molecular weight is 558 g/mol. The molecule has 0 saturated carbocycles. The van der Waals surface area contributed by atoms with E-state index in [1.807, 2.05) is 55.4 Å². The van der Waals surface area contributed by atoms with Crippen LogP contribution in [0.2, 0.25) is 0 Å². The monoisotopic (exact) mass is 557 g/mol. The van der Waals surface area contributed by atoms with E-state index >= 15 is 0 Å². The molecule has 0 aliphatic carbocycles. The van der Waals surface area contributed by atoms with Gasteiger partial charge < -0.3 is 24.3 Å². The van der Waals surface area contributed by atoms with Crippen molar-refractivity contribution in [1.82, 2.24) is 5.32 Å². The Balaban J connectivity index is 5.39. The van der Waals surface area contributed by atoms with E-state index in [1.165, 1.54) is 0 Å². The summed E-state index contributed by atoms with van der Waals surface area (Å²) in [5.41, 5.74) is -0.891. The summed E-state index contributed by atoms with van der Waals surface area (Å²) in [5.74, 6) is -0.0648. The van der Waals surface area contributed by atoms with Gasteiger partial charge in [0.15, 0.2) is 0 Å². The number of ketones is 3. The highest BCUT2D eigenvalue weighted by Crippen LogP contribution is 2.19. The van der Waals surface area contributed by atoms with Crippen molar-refractivity contribution in [3.05, 3.63) is 0 Å². The topological polar surface area (TPSA) is 117 Å². The molecule has 0 radical (unpaired) electrons. The summed E-state index contributed by atoms with van der Waals surface area (Å²) >= 11 is 0. The van der Waals surface area contributed by atoms with E-state index in [0.29, 0.717) is 32.3 Å². The SMILES string of the molecule is CC(C)OCCOCC(=O)NC(CCCCC(=O)C(C)C)(COCCC(=O)C(C)C)COCCC(=O)C(C)C. The minimum Gasteiger partial charge on any atom is -0.378 e. The Morgan fingerprint density at radius 3 is 1.56 bits per heavy atom. The molecule has 0 spiro atoms. The van der Waals surface area contributed by atoms with E-state index in [-0.39, 0.29) is 99.6 Å². The lowest BCUT2D eigenvalue weighted by Crippen LogP contribution is -2.56. The zero-order valence-corrected chi connectivity index (χ0v) is 25.8. The standard InChI is InChI=1S/C30H55NO8/c1-22(2)26(32)11-9-10-14-30(20-37-15-12-27(33)23(3)4,21-38-16-13-28(34)24(5)6)31-29(35)19-36-17-18-39-25(7)8/h22-25H,9-21H2,1-8H3,(H,31,35). The van der Waals surface area contributed by atoms with Crippen LogP contribution >= 0.6 is 0 Å². The second kappa shape index (κ2) is 21.1. The number of carbonyl (C=O) groups is 4.